The molecule has 1 unspecified atom stereocenters. The third-order valence-corrected chi connectivity index (χ3v) is 18.1. The van der Waals surface area contributed by atoms with Crippen molar-refractivity contribution in [3.05, 3.63) is 71.5 Å². The van der Waals surface area contributed by atoms with Gasteiger partial charge in [-0.3, -0.25) is 34.6 Å². The number of hydrogen-bond acceptors (Lipinski definition) is 14. The highest BCUT2D eigenvalue weighted by atomic mass is 32.2. The number of amides is 1. The minimum Gasteiger partial charge on any atom is -0.438 e. The van der Waals surface area contributed by atoms with Gasteiger partial charge in [-0.05, 0) is 22.7 Å². The molecule has 287 valence electrons. The van der Waals surface area contributed by atoms with Crippen molar-refractivity contribution in [3.8, 4) is 0 Å². The van der Waals surface area contributed by atoms with Crippen molar-refractivity contribution < 1.29 is 45.5 Å². The van der Waals surface area contributed by atoms with Crippen LogP contribution in [0.2, 0.25) is 16.6 Å². The molecular formula is C29H43N6O14SSi2. The van der Waals surface area contributed by atoms with Crippen LogP contribution in [0.5, 0.6) is 0 Å². The zero-order valence-electron chi connectivity index (χ0n) is 29.9. The molecule has 0 spiro atoms. The van der Waals surface area contributed by atoms with E-state index in [9.17, 15) is 43.0 Å². The average molecular weight is 788 g/mol. The third kappa shape index (κ3) is 8.35. The van der Waals surface area contributed by atoms with Gasteiger partial charge in [-0.2, -0.15) is 4.31 Å². The molecule has 52 heavy (non-hydrogen) atoms. The van der Waals surface area contributed by atoms with Crippen molar-refractivity contribution in [2.24, 2.45) is 0 Å². The molecule has 3 heterocycles. The number of ether oxygens (including phenoxy) is 2. The number of non-ortho nitro benzene ring substituents is 1. The lowest BCUT2D eigenvalue weighted by molar-refractivity contribution is -0.396. The van der Waals surface area contributed by atoms with Gasteiger partial charge in [0.1, 0.15) is 12.2 Å². The Morgan fingerprint density at radius 2 is 1.73 bits per heavy atom. The van der Waals surface area contributed by atoms with E-state index in [1.54, 1.807) is 0 Å². The predicted octanol–water partition coefficient (Wildman–Crippen LogP) is 2.60. The number of carbonyl (C=O) groups excluding carboxylic acids is 1. The first kappa shape index (κ1) is 40.9. The molecule has 1 aromatic heterocycles. The topological polar surface area (TPSA) is 245 Å². The summed E-state index contributed by atoms with van der Waals surface area (Å²) < 4.78 is 60.7. The fourth-order valence-electron chi connectivity index (χ4n) is 5.87. The average Bonchev–Trinajstić information content (AvgIpc) is 3.37. The van der Waals surface area contributed by atoms with E-state index < -0.39 is 95.9 Å². The number of hydrogen-bond donors (Lipinski definition) is 1. The number of carbonyl (C=O) groups is 1. The number of H-pyrrole nitrogens is 1. The summed E-state index contributed by atoms with van der Waals surface area (Å²) in [7, 11) is -7.10. The molecule has 2 fully saturated rings. The summed E-state index contributed by atoms with van der Waals surface area (Å²) in [5.74, 6) is 0. The minimum absolute atomic E-state index is 0.00355. The number of aromatic nitrogens is 2. The maximum atomic E-state index is 13.6. The van der Waals surface area contributed by atoms with Crippen LogP contribution < -0.4 is 11.2 Å². The largest absolute Gasteiger partial charge is 0.438 e. The number of fused-ring (bicyclic) bond motifs is 1. The maximum Gasteiger partial charge on any atom is 0.410 e. The Hall–Kier alpha value is -3.85. The van der Waals surface area contributed by atoms with Crippen LogP contribution in [0.15, 0.2) is 44.9 Å². The van der Waals surface area contributed by atoms with Crippen molar-refractivity contribution in [3.63, 3.8) is 0 Å². The summed E-state index contributed by atoms with van der Waals surface area (Å²) >= 11 is 0. The smallest absolute Gasteiger partial charge is 0.410 e. The van der Waals surface area contributed by atoms with Gasteiger partial charge in [-0.1, -0.05) is 41.5 Å². The van der Waals surface area contributed by atoms with Gasteiger partial charge in [-0.15, -0.1) is 0 Å². The molecule has 0 bridgehead atoms. The van der Waals surface area contributed by atoms with Gasteiger partial charge in [0.15, 0.2) is 17.2 Å². The Bertz CT molecular complexity index is 1880. The van der Waals surface area contributed by atoms with Gasteiger partial charge in [0.2, 0.25) is 10.0 Å². The zero-order chi connectivity index (χ0) is 38.9. The van der Waals surface area contributed by atoms with Crippen LogP contribution in [0, 0.1) is 20.2 Å². The molecule has 0 aliphatic carbocycles. The zero-order valence-corrected chi connectivity index (χ0v) is 32.7. The highest BCUT2D eigenvalue weighted by molar-refractivity contribution is 7.89. The molecular weight excluding hydrogens is 745 g/mol. The van der Waals surface area contributed by atoms with Crippen molar-refractivity contribution >= 4 is 45.3 Å². The lowest BCUT2D eigenvalue weighted by Crippen LogP contribution is -2.59. The molecule has 2 aromatic rings. The summed E-state index contributed by atoms with van der Waals surface area (Å²) in [4.78, 5) is 61.7. The molecule has 23 heteroatoms. The molecule has 20 nitrogen and oxygen atoms in total. The van der Waals surface area contributed by atoms with Crippen molar-refractivity contribution in [1.82, 2.24) is 18.8 Å². The molecule has 2 aliphatic heterocycles. The summed E-state index contributed by atoms with van der Waals surface area (Å²) in [6, 6.07) is 3.28. The van der Waals surface area contributed by atoms with Gasteiger partial charge in [-0.25, -0.2) is 18.0 Å². The fraction of sp³-hybridized carbons (Fsp3) is 0.621. The van der Waals surface area contributed by atoms with E-state index in [-0.39, 0.29) is 36.3 Å². The summed E-state index contributed by atoms with van der Waals surface area (Å²) in [5.41, 5.74) is -3.13. The second kappa shape index (κ2) is 16.0. The highest BCUT2D eigenvalue weighted by Gasteiger charge is 2.57. The van der Waals surface area contributed by atoms with E-state index in [0.717, 1.165) is 39.0 Å². The van der Waals surface area contributed by atoms with Crippen LogP contribution in [0.3, 0.4) is 0 Å². The lowest BCUT2D eigenvalue weighted by atomic mass is 10.1. The summed E-state index contributed by atoms with van der Waals surface area (Å²) in [5, 5.41) is 22.7. The predicted molar refractivity (Wildman–Crippen MR) is 186 cm³/mol. The van der Waals surface area contributed by atoms with E-state index in [2.05, 4.69) is 4.98 Å². The molecule has 0 saturated carbocycles. The van der Waals surface area contributed by atoms with Crippen LogP contribution in [0.25, 0.3) is 0 Å². The molecule has 4 atom stereocenters. The molecule has 1 radical (unpaired) electrons. The number of sulfonamides is 1. The Morgan fingerprint density at radius 3 is 2.29 bits per heavy atom. The number of benzene rings is 1. The Kier molecular flexibility index (Phi) is 12.6. The number of aromatic amines is 1. The van der Waals surface area contributed by atoms with E-state index in [4.69, 9.17) is 22.4 Å². The van der Waals surface area contributed by atoms with E-state index in [1.165, 1.54) is 13.2 Å². The Labute approximate surface area is 302 Å². The molecule has 1 aromatic carbocycles. The standard InChI is InChI=1S/C29H43N6O14SSi2/c1-17(2)51-48-25-22(16-45-52(49-51,18(3)4)19(5)6)46-27(33-12-11-24(36)30-28(33)37)26(25)47-29(38)31(7)13-14-32(8)50(43,44)23-10-9-20(34(39)40)15-21(23)35(41)42/h9-12,15,17-19,22,25-27H,13-14,16H2,1-8H3,(H,30,36,37)/t22-,25?,26+,27-/m1/s1. The van der Waals surface area contributed by atoms with E-state index >= 15 is 0 Å². The van der Waals surface area contributed by atoms with E-state index in [1.807, 2.05) is 41.5 Å². The Balaban J connectivity index is 1.60. The van der Waals surface area contributed by atoms with Crippen molar-refractivity contribution in [1.29, 1.82) is 0 Å². The number of likely N-dealkylation sites (N-methyl/N-ethyl adjacent to an activating group) is 2. The SMILES string of the molecule is CC(C)[Si]1OC2[C@@H](CO[Si](C(C)C)(C(C)C)O1)O[C@@H](n1ccc(=O)[nH]c1=O)[C@H]2OC(=O)N(C)CCN(C)S(=O)(=O)c1ccc([N+](=O)[O-])cc1[N+](=O)[O-]. The van der Waals surface area contributed by atoms with Gasteiger partial charge in [0, 0.05) is 45.5 Å². The van der Waals surface area contributed by atoms with Gasteiger partial charge in [0.05, 0.1) is 22.5 Å². The van der Waals surface area contributed by atoms with E-state index in [0.29, 0.717) is 6.07 Å². The van der Waals surface area contributed by atoms with Crippen LogP contribution in [-0.2, 0) is 32.5 Å². The number of nitrogens with zero attached hydrogens (tertiary/aromatic N) is 5. The number of nitro groups is 2. The number of nitrogens with one attached hydrogen (secondary N) is 1. The van der Waals surface area contributed by atoms with Crippen LogP contribution in [-0.4, -0.2) is 113 Å². The van der Waals surface area contributed by atoms with Crippen molar-refractivity contribution in [2.45, 2.75) is 87.6 Å². The second-order valence-electron chi connectivity index (χ2n) is 13.3. The molecule has 1 amide bonds. The molecule has 4 rings (SSSR count). The third-order valence-electron chi connectivity index (χ3n) is 8.81. The lowest BCUT2D eigenvalue weighted by Gasteiger charge is -2.44. The van der Waals surface area contributed by atoms with Crippen LogP contribution >= 0.6 is 0 Å². The van der Waals surface area contributed by atoms with Gasteiger partial charge in [0.25, 0.3) is 16.9 Å². The van der Waals surface area contributed by atoms with Gasteiger partial charge < -0.3 is 27.3 Å². The maximum absolute atomic E-state index is 13.6. The fourth-order valence-corrected chi connectivity index (χ4v) is 14.9. The monoisotopic (exact) mass is 787 g/mol. The first-order valence-electron chi connectivity index (χ1n) is 16.4. The first-order valence-corrected chi connectivity index (χ1v) is 21.2. The summed E-state index contributed by atoms with van der Waals surface area (Å²) in [6.45, 7) is 11.3. The minimum atomic E-state index is -4.55. The highest BCUT2D eigenvalue weighted by Crippen LogP contribution is 2.42. The molecule has 2 aliphatic rings. The molecule has 2 saturated heterocycles. The number of rotatable bonds is 12. The summed E-state index contributed by atoms with van der Waals surface area (Å²) in [6.07, 6.45) is -4.09. The quantitative estimate of drug-likeness (QED) is 0.185. The Morgan fingerprint density at radius 1 is 1.08 bits per heavy atom. The second-order valence-corrected chi connectivity index (χ2v) is 22.2. The van der Waals surface area contributed by atoms with Gasteiger partial charge >= 0.3 is 29.6 Å². The van der Waals surface area contributed by atoms with Crippen molar-refractivity contribution in [2.75, 3.05) is 33.8 Å². The molecule has 1 N–H and O–H groups in total. The first-order chi connectivity index (χ1) is 24.2. The van der Waals surface area contributed by atoms with Crippen LogP contribution in [0.4, 0.5) is 16.2 Å². The van der Waals surface area contributed by atoms with Crippen LogP contribution in [0.1, 0.15) is 47.8 Å². The number of nitro benzene ring substituents is 2. The normalized spacial score (nSPS) is 22.3.